The Bertz CT molecular complexity index is 499. The third-order valence-corrected chi connectivity index (χ3v) is 2.65. The van der Waals surface area contributed by atoms with Gasteiger partial charge in [0.05, 0.1) is 0 Å². The van der Waals surface area contributed by atoms with E-state index in [-0.39, 0.29) is 5.91 Å². The quantitative estimate of drug-likeness (QED) is 0.784. The second kappa shape index (κ2) is 3.77. The highest BCUT2D eigenvalue weighted by molar-refractivity contribution is 5.86. The topological polar surface area (TPSA) is 58.9 Å². The molecule has 1 aromatic carbocycles. The SMILES string of the molecule is Cc1c[nH]c2c(CCC(N)=O)cccc12. The Morgan fingerprint density at radius 3 is 3.00 bits per heavy atom. The van der Waals surface area contributed by atoms with E-state index >= 15 is 0 Å². The molecule has 0 aliphatic carbocycles. The van der Waals surface area contributed by atoms with E-state index in [2.05, 4.69) is 18.0 Å². The molecule has 0 bridgehead atoms. The summed E-state index contributed by atoms with van der Waals surface area (Å²) < 4.78 is 0. The minimum atomic E-state index is -0.254. The molecular weight excluding hydrogens is 188 g/mol. The van der Waals surface area contributed by atoms with E-state index in [0.717, 1.165) is 11.1 Å². The normalized spacial score (nSPS) is 10.7. The average Bonchev–Trinajstić information content (AvgIpc) is 2.58. The van der Waals surface area contributed by atoms with E-state index in [9.17, 15) is 4.79 Å². The fraction of sp³-hybridized carbons (Fsp3) is 0.250. The molecule has 0 saturated carbocycles. The van der Waals surface area contributed by atoms with Crippen molar-refractivity contribution < 1.29 is 4.79 Å². The number of carbonyl (C=O) groups excluding carboxylic acids is 1. The van der Waals surface area contributed by atoms with Crippen molar-refractivity contribution in [2.24, 2.45) is 5.73 Å². The third-order valence-electron chi connectivity index (χ3n) is 2.65. The van der Waals surface area contributed by atoms with Crippen molar-refractivity contribution >= 4 is 16.8 Å². The Morgan fingerprint density at radius 1 is 1.47 bits per heavy atom. The standard InChI is InChI=1S/C12H14N2O/c1-8-7-14-12-9(5-6-11(13)15)3-2-4-10(8)12/h2-4,7,14H,5-6H2,1H3,(H2,13,15). The zero-order valence-electron chi connectivity index (χ0n) is 8.71. The molecule has 0 saturated heterocycles. The van der Waals surface area contributed by atoms with Crippen LogP contribution in [0, 0.1) is 6.92 Å². The van der Waals surface area contributed by atoms with Gasteiger partial charge in [-0.3, -0.25) is 4.79 Å². The first-order valence-electron chi connectivity index (χ1n) is 5.02. The van der Waals surface area contributed by atoms with Gasteiger partial charge in [0, 0.05) is 23.5 Å². The largest absolute Gasteiger partial charge is 0.370 e. The van der Waals surface area contributed by atoms with E-state index in [1.807, 2.05) is 18.3 Å². The second-order valence-electron chi connectivity index (χ2n) is 3.78. The minimum absolute atomic E-state index is 0.254. The molecule has 0 aliphatic heterocycles. The van der Waals surface area contributed by atoms with Crippen LogP contribution in [0.15, 0.2) is 24.4 Å². The van der Waals surface area contributed by atoms with Crippen LogP contribution in [-0.4, -0.2) is 10.9 Å². The van der Waals surface area contributed by atoms with E-state index in [1.165, 1.54) is 10.9 Å². The molecular formula is C12H14N2O. The van der Waals surface area contributed by atoms with Crippen LogP contribution in [0.4, 0.5) is 0 Å². The van der Waals surface area contributed by atoms with Gasteiger partial charge in [0.2, 0.25) is 5.91 Å². The van der Waals surface area contributed by atoms with Gasteiger partial charge in [0.25, 0.3) is 0 Å². The van der Waals surface area contributed by atoms with Crippen molar-refractivity contribution in [2.75, 3.05) is 0 Å². The number of para-hydroxylation sites is 1. The molecule has 3 N–H and O–H groups in total. The molecule has 1 heterocycles. The van der Waals surface area contributed by atoms with Gasteiger partial charge in [0.15, 0.2) is 0 Å². The number of hydrogen-bond donors (Lipinski definition) is 2. The lowest BCUT2D eigenvalue weighted by Crippen LogP contribution is -2.11. The molecule has 0 fully saturated rings. The number of aryl methyl sites for hydroxylation is 2. The Kier molecular flexibility index (Phi) is 2.46. The monoisotopic (exact) mass is 202 g/mol. The highest BCUT2D eigenvalue weighted by atomic mass is 16.1. The van der Waals surface area contributed by atoms with E-state index in [1.54, 1.807) is 0 Å². The number of fused-ring (bicyclic) bond motifs is 1. The van der Waals surface area contributed by atoms with Crippen molar-refractivity contribution in [3.8, 4) is 0 Å². The Morgan fingerprint density at radius 2 is 2.27 bits per heavy atom. The van der Waals surface area contributed by atoms with Crippen LogP contribution < -0.4 is 5.73 Å². The number of benzene rings is 1. The lowest BCUT2D eigenvalue weighted by molar-refractivity contribution is -0.117. The van der Waals surface area contributed by atoms with Gasteiger partial charge in [-0.05, 0) is 24.5 Å². The number of hydrogen-bond acceptors (Lipinski definition) is 1. The zero-order valence-corrected chi connectivity index (χ0v) is 8.71. The molecule has 1 aromatic heterocycles. The van der Waals surface area contributed by atoms with Gasteiger partial charge in [-0.25, -0.2) is 0 Å². The highest BCUT2D eigenvalue weighted by Crippen LogP contribution is 2.21. The summed E-state index contributed by atoms with van der Waals surface area (Å²) in [7, 11) is 0. The summed E-state index contributed by atoms with van der Waals surface area (Å²) in [5, 5.41) is 1.22. The predicted molar refractivity (Wildman–Crippen MR) is 60.6 cm³/mol. The zero-order chi connectivity index (χ0) is 10.8. The van der Waals surface area contributed by atoms with Crippen molar-refractivity contribution in [3.63, 3.8) is 0 Å². The first-order valence-corrected chi connectivity index (χ1v) is 5.02. The maximum Gasteiger partial charge on any atom is 0.217 e. The molecule has 1 amide bonds. The third kappa shape index (κ3) is 1.86. The van der Waals surface area contributed by atoms with Crippen LogP contribution >= 0.6 is 0 Å². The summed E-state index contributed by atoms with van der Waals surface area (Å²) in [5.41, 5.74) is 8.64. The highest BCUT2D eigenvalue weighted by Gasteiger charge is 2.05. The number of H-pyrrole nitrogens is 1. The number of rotatable bonds is 3. The second-order valence-corrected chi connectivity index (χ2v) is 3.78. The van der Waals surface area contributed by atoms with Crippen LogP contribution in [0.1, 0.15) is 17.5 Å². The molecule has 0 aliphatic rings. The Hall–Kier alpha value is -1.77. The molecule has 0 radical (unpaired) electrons. The molecule has 15 heavy (non-hydrogen) atoms. The van der Waals surface area contributed by atoms with Gasteiger partial charge in [-0.15, -0.1) is 0 Å². The molecule has 2 rings (SSSR count). The number of amides is 1. The maximum atomic E-state index is 10.7. The first kappa shape index (κ1) is 9.77. The van der Waals surface area contributed by atoms with Gasteiger partial charge < -0.3 is 10.7 Å². The van der Waals surface area contributed by atoms with Crippen molar-refractivity contribution in [1.29, 1.82) is 0 Å². The van der Waals surface area contributed by atoms with Gasteiger partial charge in [-0.1, -0.05) is 18.2 Å². The summed E-state index contributed by atoms with van der Waals surface area (Å²) in [6.45, 7) is 2.07. The van der Waals surface area contributed by atoms with Crippen molar-refractivity contribution in [3.05, 3.63) is 35.5 Å². The summed E-state index contributed by atoms with van der Waals surface area (Å²) >= 11 is 0. The van der Waals surface area contributed by atoms with Gasteiger partial charge in [-0.2, -0.15) is 0 Å². The van der Waals surface area contributed by atoms with Crippen LogP contribution in [0.2, 0.25) is 0 Å². The number of aromatic amines is 1. The first-order chi connectivity index (χ1) is 7.18. The number of nitrogens with one attached hydrogen (secondary N) is 1. The molecule has 3 nitrogen and oxygen atoms in total. The van der Waals surface area contributed by atoms with Crippen LogP contribution in [0.25, 0.3) is 10.9 Å². The molecule has 0 unspecified atom stereocenters. The van der Waals surface area contributed by atoms with Crippen molar-refractivity contribution in [1.82, 2.24) is 4.98 Å². The molecule has 0 atom stereocenters. The molecule has 0 spiro atoms. The predicted octanol–water partition coefficient (Wildman–Crippen LogP) is 1.89. The Balaban J connectivity index is 2.38. The fourth-order valence-corrected chi connectivity index (χ4v) is 1.82. The summed E-state index contributed by atoms with van der Waals surface area (Å²) in [5.74, 6) is -0.254. The maximum absolute atomic E-state index is 10.7. The number of primary amides is 1. The van der Waals surface area contributed by atoms with E-state index in [0.29, 0.717) is 12.8 Å². The fourth-order valence-electron chi connectivity index (χ4n) is 1.82. The number of carbonyl (C=O) groups is 1. The van der Waals surface area contributed by atoms with E-state index in [4.69, 9.17) is 5.73 Å². The smallest absolute Gasteiger partial charge is 0.217 e. The van der Waals surface area contributed by atoms with Crippen LogP contribution in [0.3, 0.4) is 0 Å². The summed E-state index contributed by atoms with van der Waals surface area (Å²) in [4.78, 5) is 14.0. The van der Waals surface area contributed by atoms with Crippen LogP contribution in [0.5, 0.6) is 0 Å². The number of nitrogens with two attached hydrogens (primary N) is 1. The average molecular weight is 202 g/mol. The molecule has 78 valence electrons. The van der Waals surface area contributed by atoms with Gasteiger partial charge in [0.1, 0.15) is 0 Å². The molecule has 3 heteroatoms. The minimum Gasteiger partial charge on any atom is -0.370 e. The lowest BCUT2D eigenvalue weighted by atomic mass is 10.1. The lowest BCUT2D eigenvalue weighted by Gasteiger charge is -2.01. The molecule has 2 aromatic rings. The van der Waals surface area contributed by atoms with Crippen LogP contribution in [-0.2, 0) is 11.2 Å². The van der Waals surface area contributed by atoms with Crippen molar-refractivity contribution in [2.45, 2.75) is 19.8 Å². The van der Waals surface area contributed by atoms with Gasteiger partial charge >= 0.3 is 0 Å². The summed E-state index contributed by atoms with van der Waals surface area (Å²) in [6.07, 6.45) is 3.09. The summed E-state index contributed by atoms with van der Waals surface area (Å²) in [6, 6.07) is 6.12. The van der Waals surface area contributed by atoms with E-state index < -0.39 is 0 Å². The number of aromatic nitrogens is 1. The Labute approximate surface area is 88.3 Å².